The third-order valence-corrected chi connectivity index (χ3v) is 6.61. The minimum atomic E-state index is -3.79. The van der Waals surface area contributed by atoms with Crippen molar-refractivity contribution in [2.75, 3.05) is 16.2 Å². The van der Waals surface area contributed by atoms with Crippen molar-refractivity contribution < 1.29 is 17.6 Å². The molecule has 2 aromatic carbocycles. The van der Waals surface area contributed by atoms with Crippen LogP contribution in [0.2, 0.25) is 0 Å². The van der Waals surface area contributed by atoms with E-state index in [1.807, 2.05) is 12.1 Å². The van der Waals surface area contributed by atoms with Crippen molar-refractivity contribution in [1.29, 1.82) is 0 Å². The second kappa shape index (κ2) is 6.39. The van der Waals surface area contributed by atoms with Crippen LogP contribution in [0.4, 0.5) is 15.8 Å². The molecule has 0 saturated heterocycles. The van der Waals surface area contributed by atoms with Gasteiger partial charge in [0.1, 0.15) is 5.82 Å². The Morgan fingerprint density at radius 1 is 1.12 bits per heavy atom. The number of carbonyl (C=O) groups is 1. The van der Waals surface area contributed by atoms with Crippen LogP contribution in [0.5, 0.6) is 0 Å². The van der Waals surface area contributed by atoms with Gasteiger partial charge in [0.15, 0.2) is 0 Å². The summed E-state index contributed by atoms with van der Waals surface area (Å²) in [7, 11) is -3.79. The third-order valence-electron chi connectivity index (χ3n) is 4.78. The van der Waals surface area contributed by atoms with Crippen LogP contribution in [0.25, 0.3) is 0 Å². The lowest BCUT2D eigenvalue weighted by molar-refractivity contribution is -0.117. The Balaban J connectivity index is 1.69. The van der Waals surface area contributed by atoms with E-state index in [9.17, 15) is 17.6 Å². The number of fused-ring (bicyclic) bond motifs is 1. The summed E-state index contributed by atoms with van der Waals surface area (Å²) in [6.07, 6.45) is 3.30. The monoisotopic (exact) mass is 374 g/mol. The Bertz CT molecular complexity index is 953. The van der Waals surface area contributed by atoms with Gasteiger partial charge in [0.25, 0.3) is 10.0 Å². The number of sulfonamides is 1. The molecule has 2 aromatic rings. The first kappa shape index (κ1) is 17.0. The van der Waals surface area contributed by atoms with Gasteiger partial charge in [-0.15, -0.1) is 0 Å². The fourth-order valence-corrected chi connectivity index (χ4v) is 4.72. The molecule has 2 aliphatic rings. The van der Waals surface area contributed by atoms with Crippen molar-refractivity contribution in [1.82, 2.24) is 0 Å². The Morgan fingerprint density at radius 2 is 1.85 bits per heavy atom. The molecular weight excluding hydrogens is 355 g/mol. The largest absolute Gasteiger partial charge is 0.326 e. The Morgan fingerprint density at radius 3 is 2.54 bits per heavy atom. The smallest absolute Gasteiger partial charge is 0.264 e. The Kier molecular flexibility index (Phi) is 4.19. The second-order valence-electron chi connectivity index (χ2n) is 6.74. The van der Waals surface area contributed by atoms with Gasteiger partial charge in [-0.05, 0) is 67.6 Å². The van der Waals surface area contributed by atoms with Crippen LogP contribution in [-0.4, -0.2) is 20.9 Å². The zero-order valence-corrected chi connectivity index (χ0v) is 14.9. The van der Waals surface area contributed by atoms with Crippen LogP contribution < -0.4 is 9.62 Å². The number of hydrogen-bond acceptors (Lipinski definition) is 3. The highest BCUT2D eigenvalue weighted by Gasteiger charge is 2.31. The van der Waals surface area contributed by atoms with Crippen LogP contribution >= 0.6 is 0 Å². The number of aryl methyl sites for hydroxylation is 1. The summed E-state index contributed by atoms with van der Waals surface area (Å²) < 4.78 is 40.6. The van der Waals surface area contributed by atoms with E-state index in [0.29, 0.717) is 24.3 Å². The molecule has 0 atom stereocenters. The average molecular weight is 374 g/mol. The molecule has 1 amide bonds. The molecule has 1 N–H and O–H groups in total. The van der Waals surface area contributed by atoms with Gasteiger partial charge >= 0.3 is 0 Å². The fourth-order valence-electron chi connectivity index (χ4n) is 3.19. The molecule has 4 rings (SSSR count). The van der Waals surface area contributed by atoms with Gasteiger partial charge in [-0.3, -0.25) is 9.10 Å². The summed E-state index contributed by atoms with van der Waals surface area (Å²) in [6.45, 7) is 0.354. The normalized spacial score (nSPS) is 16.9. The molecule has 0 spiro atoms. The number of anilines is 2. The standard InChI is InChI=1S/C19H19FN2O3S/c20-15-6-9-17(10-7-15)26(24,25)22-11-1-2-13-5-8-16(12-18(13)22)21-19(23)14-3-4-14/h5-10,12,14H,1-4,11H2,(H,21,23). The quantitative estimate of drug-likeness (QED) is 0.893. The second-order valence-corrected chi connectivity index (χ2v) is 8.60. The Hall–Kier alpha value is -2.41. The molecule has 1 heterocycles. The zero-order valence-electron chi connectivity index (χ0n) is 14.1. The number of carbonyl (C=O) groups excluding carboxylic acids is 1. The van der Waals surface area contributed by atoms with Crippen molar-refractivity contribution in [3.05, 3.63) is 53.8 Å². The zero-order chi connectivity index (χ0) is 18.3. The highest BCUT2D eigenvalue weighted by atomic mass is 32.2. The summed E-state index contributed by atoms with van der Waals surface area (Å²) >= 11 is 0. The SMILES string of the molecule is O=C(Nc1ccc2c(c1)N(S(=O)(=O)c1ccc(F)cc1)CCC2)C1CC1. The van der Waals surface area contributed by atoms with Gasteiger partial charge in [0, 0.05) is 18.2 Å². The molecule has 7 heteroatoms. The molecule has 1 fully saturated rings. The molecule has 0 radical (unpaired) electrons. The molecule has 0 aromatic heterocycles. The first-order valence-electron chi connectivity index (χ1n) is 8.67. The number of nitrogens with zero attached hydrogens (tertiary/aromatic N) is 1. The number of amides is 1. The maximum Gasteiger partial charge on any atom is 0.264 e. The minimum absolute atomic E-state index is 0.0197. The molecule has 26 heavy (non-hydrogen) atoms. The third kappa shape index (κ3) is 3.19. The van der Waals surface area contributed by atoms with Crippen LogP contribution in [-0.2, 0) is 21.2 Å². The van der Waals surface area contributed by atoms with Crippen LogP contribution in [0.1, 0.15) is 24.8 Å². The minimum Gasteiger partial charge on any atom is -0.326 e. The summed E-state index contributed by atoms with van der Waals surface area (Å²) in [6, 6.07) is 10.2. The topological polar surface area (TPSA) is 66.5 Å². The van der Waals surface area contributed by atoms with Gasteiger partial charge in [-0.25, -0.2) is 12.8 Å². The summed E-state index contributed by atoms with van der Waals surface area (Å²) in [5.74, 6) is -0.424. The summed E-state index contributed by atoms with van der Waals surface area (Å²) in [5.41, 5.74) is 2.10. The van der Waals surface area contributed by atoms with E-state index >= 15 is 0 Å². The lowest BCUT2D eigenvalue weighted by Gasteiger charge is -2.31. The first-order valence-corrected chi connectivity index (χ1v) is 10.1. The number of rotatable bonds is 4. The van der Waals surface area contributed by atoms with E-state index in [0.717, 1.165) is 37.0 Å². The number of nitrogens with one attached hydrogen (secondary N) is 1. The van der Waals surface area contributed by atoms with Crippen LogP contribution in [0.3, 0.4) is 0 Å². The maximum absolute atomic E-state index is 13.2. The van der Waals surface area contributed by atoms with E-state index in [2.05, 4.69) is 5.32 Å². The van der Waals surface area contributed by atoms with E-state index in [1.165, 1.54) is 16.4 Å². The van der Waals surface area contributed by atoms with Crippen LogP contribution in [0.15, 0.2) is 47.4 Å². The van der Waals surface area contributed by atoms with Gasteiger partial charge in [-0.1, -0.05) is 6.07 Å². The van der Waals surface area contributed by atoms with Gasteiger partial charge in [0.05, 0.1) is 10.6 Å². The highest BCUT2D eigenvalue weighted by molar-refractivity contribution is 7.92. The molecule has 5 nitrogen and oxygen atoms in total. The number of halogens is 1. The lowest BCUT2D eigenvalue weighted by Crippen LogP contribution is -2.35. The average Bonchev–Trinajstić information content (AvgIpc) is 3.46. The highest BCUT2D eigenvalue weighted by Crippen LogP contribution is 2.35. The van der Waals surface area contributed by atoms with Crippen molar-refractivity contribution >= 4 is 27.3 Å². The first-order chi connectivity index (χ1) is 12.4. The van der Waals surface area contributed by atoms with E-state index < -0.39 is 15.8 Å². The summed E-state index contributed by atoms with van der Waals surface area (Å²) in [5, 5.41) is 2.86. The molecule has 1 saturated carbocycles. The van der Waals surface area contributed by atoms with Crippen LogP contribution in [0, 0.1) is 11.7 Å². The van der Waals surface area contributed by atoms with Crippen molar-refractivity contribution in [3.63, 3.8) is 0 Å². The molecule has 136 valence electrons. The predicted octanol–water partition coefficient (Wildman–Crippen LogP) is 3.32. The molecule has 1 aliphatic heterocycles. The predicted molar refractivity (Wildman–Crippen MR) is 97.0 cm³/mol. The number of benzene rings is 2. The van der Waals surface area contributed by atoms with Crippen molar-refractivity contribution in [2.45, 2.75) is 30.6 Å². The van der Waals surface area contributed by atoms with Crippen molar-refractivity contribution in [3.8, 4) is 0 Å². The molecular formula is C19H19FN2O3S. The van der Waals surface area contributed by atoms with Gasteiger partial charge in [0.2, 0.25) is 5.91 Å². The van der Waals surface area contributed by atoms with E-state index in [4.69, 9.17) is 0 Å². The fraction of sp³-hybridized carbons (Fsp3) is 0.316. The molecule has 0 unspecified atom stereocenters. The Labute approximate surface area is 151 Å². The molecule has 1 aliphatic carbocycles. The summed E-state index contributed by atoms with van der Waals surface area (Å²) in [4.78, 5) is 12.1. The van der Waals surface area contributed by atoms with Crippen molar-refractivity contribution in [2.24, 2.45) is 5.92 Å². The van der Waals surface area contributed by atoms with E-state index in [1.54, 1.807) is 6.07 Å². The van der Waals surface area contributed by atoms with E-state index in [-0.39, 0.29) is 16.7 Å². The lowest BCUT2D eigenvalue weighted by atomic mass is 10.0. The number of hydrogen-bond donors (Lipinski definition) is 1. The van der Waals surface area contributed by atoms with Gasteiger partial charge < -0.3 is 5.32 Å². The maximum atomic E-state index is 13.2. The van der Waals surface area contributed by atoms with Gasteiger partial charge in [-0.2, -0.15) is 0 Å². The molecule has 0 bridgehead atoms.